The molecule has 1 unspecified atom stereocenters. The molecule has 0 N–H and O–H groups in total. The van der Waals surface area contributed by atoms with Gasteiger partial charge in [0.05, 0.1) is 6.61 Å². The standard InChI is InChI=1S/C15H24BrN3O/c1-15(2,3)14-17-12(16)10-13(18-14)20-9-7-11-6-5-8-19(11)4/h10-11H,5-9H2,1-4H3. The van der Waals surface area contributed by atoms with E-state index >= 15 is 0 Å². The van der Waals surface area contributed by atoms with Crippen molar-refractivity contribution in [2.45, 2.75) is 51.5 Å². The smallest absolute Gasteiger partial charge is 0.217 e. The molecule has 1 saturated heterocycles. The van der Waals surface area contributed by atoms with Gasteiger partial charge in [-0.05, 0) is 48.8 Å². The summed E-state index contributed by atoms with van der Waals surface area (Å²) in [4.78, 5) is 11.3. The maximum atomic E-state index is 5.83. The van der Waals surface area contributed by atoms with Crippen molar-refractivity contribution in [2.24, 2.45) is 0 Å². The fraction of sp³-hybridized carbons (Fsp3) is 0.733. The zero-order valence-electron chi connectivity index (χ0n) is 12.8. The highest BCUT2D eigenvalue weighted by Gasteiger charge is 2.21. The molecule has 0 radical (unpaired) electrons. The molecule has 1 atom stereocenters. The minimum Gasteiger partial charge on any atom is -0.477 e. The molecule has 2 heterocycles. The highest BCUT2D eigenvalue weighted by molar-refractivity contribution is 9.10. The third-order valence-electron chi connectivity index (χ3n) is 3.71. The first-order chi connectivity index (χ1) is 9.36. The van der Waals surface area contributed by atoms with Gasteiger partial charge in [-0.1, -0.05) is 20.8 Å². The molecule has 4 nitrogen and oxygen atoms in total. The van der Waals surface area contributed by atoms with E-state index in [2.05, 4.69) is 58.6 Å². The van der Waals surface area contributed by atoms with Gasteiger partial charge in [-0.3, -0.25) is 0 Å². The van der Waals surface area contributed by atoms with Gasteiger partial charge in [0.15, 0.2) is 0 Å². The summed E-state index contributed by atoms with van der Waals surface area (Å²) < 4.78 is 6.61. The highest BCUT2D eigenvalue weighted by Crippen LogP contribution is 2.24. The second-order valence-corrected chi connectivity index (χ2v) is 7.33. The van der Waals surface area contributed by atoms with E-state index in [1.807, 2.05) is 6.07 Å². The molecule has 1 aliphatic heterocycles. The lowest BCUT2D eigenvalue weighted by Crippen LogP contribution is -2.26. The first-order valence-corrected chi connectivity index (χ1v) is 8.03. The molecule has 0 bridgehead atoms. The van der Waals surface area contributed by atoms with Crippen molar-refractivity contribution in [3.8, 4) is 5.88 Å². The van der Waals surface area contributed by atoms with Gasteiger partial charge in [-0.25, -0.2) is 4.98 Å². The van der Waals surface area contributed by atoms with Gasteiger partial charge >= 0.3 is 0 Å². The summed E-state index contributed by atoms with van der Waals surface area (Å²) in [6, 6.07) is 2.50. The second-order valence-electron chi connectivity index (χ2n) is 6.52. The summed E-state index contributed by atoms with van der Waals surface area (Å²) in [6.07, 6.45) is 3.64. The summed E-state index contributed by atoms with van der Waals surface area (Å²) in [5, 5.41) is 0. The van der Waals surface area contributed by atoms with E-state index in [0.29, 0.717) is 18.5 Å². The van der Waals surface area contributed by atoms with Crippen LogP contribution in [0.25, 0.3) is 0 Å². The second kappa shape index (κ2) is 6.39. The SMILES string of the molecule is CN1CCCC1CCOc1cc(Br)nc(C(C)(C)C)n1. The van der Waals surface area contributed by atoms with Gasteiger partial charge in [0.25, 0.3) is 0 Å². The van der Waals surface area contributed by atoms with Gasteiger partial charge in [0, 0.05) is 17.5 Å². The van der Waals surface area contributed by atoms with Crippen LogP contribution >= 0.6 is 15.9 Å². The molecule has 1 aromatic heterocycles. The van der Waals surface area contributed by atoms with Gasteiger partial charge in [-0.15, -0.1) is 0 Å². The molecule has 112 valence electrons. The molecular formula is C15H24BrN3O. The van der Waals surface area contributed by atoms with Crippen molar-refractivity contribution >= 4 is 15.9 Å². The lowest BCUT2D eigenvalue weighted by Gasteiger charge is -2.20. The Balaban J connectivity index is 1.94. The maximum absolute atomic E-state index is 5.83. The summed E-state index contributed by atoms with van der Waals surface area (Å²) in [5.41, 5.74) is -0.0758. The van der Waals surface area contributed by atoms with Crippen molar-refractivity contribution in [2.75, 3.05) is 20.2 Å². The van der Waals surface area contributed by atoms with Crippen LogP contribution in [0.15, 0.2) is 10.7 Å². The minimum absolute atomic E-state index is 0.0758. The van der Waals surface area contributed by atoms with Gasteiger partial charge in [-0.2, -0.15) is 4.98 Å². The lowest BCUT2D eigenvalue weighted by atomic mass is 9.96. The predicted octanol–water partition coefficient (Wildman–Crippen LogP) is 3.40. The number of hydrogen-bond donors (Lipinski definition) is 0. The van der Waals surface area contributed by atoms with E-state index in [9.17, 15) is 0 Å². The van der Waals surface area contributed by atoms with Gasteiger partial charge < -0.3 is 9.64 Å². The quantitative estimate of drug-likeness (QED) is 0.786. The zero-order valence-corrected chi connectivity index (χ0v) is 14.4. The van der Waals surface area contributed by atoms with Crippen LogP contribution in [0.5, 0.6) is 5.88 Å². The largest absolute Gasteiger partial charge is 0.477 e. The van der Waals surface area contributed by atoms with Crippen molar-refractivity contribution in [1.82, 2.24) is 14.9 Å². The predicted molar refractivity (Wildman–Crippen MR) is 84.2 cm³/mol. The molecule has 0 aromatic carbocycles. The van der Waals surface area contributed by atoms with E-state index < -0.39 is 0 Å². The van der Waals surface area contributed by atoms with Crippen molar-refractivity contribution in [3.63, 3.8) is 0 Å². The Kier molecular flexibility index (Phi) is 5.02. The van der Waals surface area contributed by atoms with Crippen LogP contribution < -0.4 is 4.74 Å². The average molecular weight is 342 g/mol. The van der Waals surface area contributed by atoms with Crippen LogP contribution in [0, 0.1) is 0 Å². The summed E-state index contributed by atoms with van der Waals surface area (Å²) in [6.45, 7) is 8.23. The molecule has 0 saturated carbocycles. The van der Waals surface area contributed by atoms with Gasteiger partial charge in [0.2, 0.25) is 5.88 Å². The molecule has 5 heteroatoms. The molecule has 1 aromatic rings. The number of nitrogens with zero attached hydrogens (tertiary/aromatic N) is 3. The molecule has 1 aliphatic rings. The fourth-order valence-corrected chi connectivity index (χ4v) is 2.81. The van der Waals surface area contributed by atoms with Crippen LogP contribution in [0.1, 0.15) is 45.9 Å². The summed E-state index contributed by atoms with van der Waals surface area (Å²) >= 11 is 3.43. The Morgan fingerprint density at radius 3 is 2.75 bits per heavy atom. The highest BCUT2D eigenvalue weighted by atomic mass is 79.9. The summed E-state index contributed by atoms with van der Waals surface area (Å²) in [7, 11) is 2.19. The van der Waals surface area contributed by atoms with Crippen LogP contribution in [0.3, 0.4) is 0 Å². The third kappa shape index (κ3) is 4.16. The van der Waals surface area contributed by atoms with Crippen molar-refractivity contribution in [3.05, 3.63) is 16.5 Å². The molecular weight excluding hydrogens is 318 g/mol. The fourth-order valence-electron chi connectivity index (χ4n) is 2.45. The van der Waals surface area contributed by atoms with Crippen LogP contribution in [-0.2, 0) is 5.41 Å². The van der Waals surface area contributed by atoms with Gasteiger partial charge in [0.1, 0.15) is 10.4 Å². The van der Waals surface area contributed by atoms with Crippen LogP contribution in [-0.4, -0.2) is 41.1 Å². The average Bonchev–Trinajstić information content (AvgIpc) is 2.73. The molecule has 2 rings (SSSR count). The minimum atomic E-state index is -0.0758. The Hall–Kier alpha value is -0.680. The third-order valence-corrected chi connectivity index (χ3v) is 4.12. The van der Waals surface area contributed by atoms with E-state index in [-0.39, 0.29) is 5.41 Å². The molecule has 0 amide bonds. The normalized spacial score (nSPS) is 20.4. The summed E-state index contributed by atoms with van der Waals surface area (Å²) in [5.74, 6) is 1.47. The number of rotatable bonds is 4. The van der Waals surface area contributed by atoms with E-state index in [4.69, 9.17) is 4.74 Å². The zero-order chi connectivity index (χ0) is 14.8. The van der Waals surface area contributed by atoms with Crippen molar-refractivity contribution in [1.29, 1.82) is 0 Å². The Labute approximate surface area is 130 Å². The van der Waals surface area contributed by atoms with E-state index in [1.54, 1.807) is 0 Å². The number of aromatic nitrogens is 2. The monoisotopic (exact) mass is 341 g/mol. The molecule has 0 aliphatic carbocycles. The van der Waals surface area contributed by atoms with Crippen molar-refractivity contribution < 1.29 is 4.74 Å². The van der Waals surface area contributed by atoms with Crippen LogP contribution in [0.4, 0.5) is 0 Å². The number of likely N-dealkylation sites (tertiary alicyclic amines) is 1. The number of ether oxygens (including phenoxy) is 1. The maximum Gasteiger partial charge on any atom is 0.217 e. The molecule has 0 spiro atoms. The number of halogens is 1. The molecule has 20 heavy (non-hydrogen) atoms. The molecule has 1 fully saturated rings. The Bertz CT molecular complexity index is 459. The lowest BCUT2D eigenvalue weighted by molar-refractivity contribution is 0.227. The first-order valence-electron chi connectivity index (χ1n) is 7.24. The Morgan fingerprint density at radius 1 is 1.40 bits per heavy atom. The number of hydrogen-bond acceptors (Lipinski definition) is 4. The topological polar surface area (TPSA) is 38.2 Å². The first kappa shape index (κ1) is 15.7. The van der Waals surface area contributed by atoms with E-state index in [0.717, 1.165) is 16.8 Å². The van der Waals surface area contributed by atoms with Crippen LogP contribution in [0.2, 0.25) is 0 Å². The Morgan fingerprint density at radius 2 is 2.15 bits per heavy atom. The van der Waals surface area contributed by atoms with E-state index in [1.165, 1.54) is 19.4 Å².